The zero-order valence-electron chi connectivity index (χ0n) is 4.84. The molecule has 0 aromatic carbocycles. The Morgan fingerprint density at radius 2 is 2.38 bits per heavy atom. The Morgan fingerprint density at radius 1 is 1.88 bits per heavy atom. The summed E-state index contributed by atoms with van der Waals surface area (Å²) < 4.78 is 4.39. The van der Waals surface area contributed by atoms with Crippen LogP contribution in [0.5, 0.6) is 0 Å². The lowest BCUT2D eigenvalue weighted by Crippen LogP contribution is -2.12. The van der Waals surface area contributed by atoms with Crippen LogP contribution in [0.25, 0.3) is 0 Å². The molecule has 0 radical (unpaired) electrons. The smallest absolute Gasteiger partial charge is 0.336 e. The lowest BCUT2D eigenvalue weighted by molar-refractivity contribution is -0.139. The van der Waals surface area contributed by atoms with Crippen LogP contribution in [-0.4, -0.2) is 24.8 Å². The van der Waals surface area contributed by atoms with Crippen LogP contribution in [0, 0.1) is 0 Å². The Hall–Kier alpha value is -0.860. The third-order valence-corrected chi connectivity index (χ3v) is 1.09. The van der Waals surface area contributed by atoms with Gasteiger partial charge in [0.1, 0.15) is 0 Å². The maximum atomic E-state index is 10.4. The number of aliphatic imine (C=N–C) groups is 1. The van der Waals surface area contributed by atoms with E-state index in [-0.39, 0.29) is 12.0 Å². The molecule has 0 aromatic heterocycles. The molecule has 3 heteroatoms. The molecule has 0 spiro atoms. The van der Waals surface area contributed by atoms with Crippen LogP contribution < -0.4 is 0 Å². The summed E-state index contributed by atoms with van der Waals surface area (Å²) in [4.78, 5) is 14.2. The number of nitrogens with zero attached hydrogens (tertiary/aromatic N) is 1. The van der Waals surface area contributed by atoms with E-state index in [1.54, 1.807) is 0 Å². The highest BCUT2D eigenvalue weighted by Crippen LogP contribution is 2.11. The van der Waals surface area contributed by atoms with Gasteiger partial charge in [-0.15, -0.1) is 0 Å². The molecule has 1 heterocycles. The molecule has 0 saturated heterocycles. The van der Waals surface area contributed by atoms with E-state index in [9.17, 15) is 4.79 Å². The first-order valence-corrected chi connectivity index (χ1v) is 2.38. The Kier molecular flexibility index (Phi) is 1.04. The quantitative estimate of drug-likeness (QED) is 0.449. The minimum atomic E-state index is -0.248. The molecule has 1 rings (SSSR count). The second kappa shape index (κ2) is 1.58. The van der Waals surface area contributed by atoms with Gasteiger partial charge in [0.2, 0.25) is 0 Å². The molecule has 1 atom stereocenters. The highest BCUT2D eigenvalue weighted by molar-refractivity contribution is 6.14. The summed E-state index contributed by atoms with van der Waals surface area (Å²) in [5, 5.41) is 0. The number of ether oxygens (including phenoxy) is 1. The standard InChI is InChI=1S/C5H7NO2/c1-3-4(6-3)5(7)8-2/h4H,1-2H3/t4-/m0/s1. The molecule has 0 N–H and O–H groups in total. The fraction of sp³-hybridized carbons (Fsp3) is 0.600. The molecular formula is C5H7NO2. The maximum absolute atomic E-state index is 10.4. The van der Waals surface area contributed by atoms with E-state index in [4.69, 9.17) is 0 Å². The molecule has 44 valence electrons. The molecule has 0 unspecified atom stereocenters. The summed E-state index contributed by atoms with van der Waals surface area (Å²) in [7, 11) is 1.36. The van der Waals surface area contributed by atoms with E-state index < -0.39 is 0 Å². The molecule has 1 aliphatic heterocycles. The van der Waals surface area contributed by atoms with Gasteiger partial charge in [0.05, 0.1) is 7.11 Å². The van der Waals surface area contributed by atoms with Crippen molar-refractivity contribution in [2.45, 2.75) is 13.0 Å². The largest absolute Gasteiger partial charge is 0.467 e. The zero-order chi connectivity index (χ0) is 6.15. The topological polar surface area (TPSA) is 38.7 Å². The average Bonchev–Trinajstić information content (AvgIpc) is 2.45. The van der Waals surface area contributed by atoms with Crippen LogP contribution in [0.15, 0.2) is 4.99 Å². The van der Waals surface area contributed by atoms with Crippen molar-refractivity contribution in [1.29, 1.82) is 0 Å². The number of hydrogen-bond acceptors (Lipinski definition) is 3. The van der Waals surface area contributed by atoms with Gasteiger partial charge >= 0.3 is 5.97 Å². The lowest BCUT2D eigenvalue weighted by Gasteiger charge is -1.90. The van der Waals surface area contributed by atoms with Gasteiger partial charge in [0, 0.05) is 5.71 Å². The number of rotatable bonds is 1. The monoisotopic (exact) mass is 113 g/mol. The lowest BCUT2D eigenvalue weighted by atomic mass is 10.3. The van der Waals surface area contributed by atoms with Crippen LogP contribution >= 0.6 is 0 Å². The summed E-state index contributed by atoms with van der Waals surface area (Å²) in [6, 6.07) is -0.236. The predicted molar refractivity (Wildman–Crippen MR) is 28.9 cm³/mol. The normalized spacial score (nSPS) is 24.2. The van der Waals surface area contributed by atoms with Gasteiger partial charge in [-0.25, -0.2) is 4.79 Å². The average molecular weight is 113 g/mol. The van der Waals surface area contributed by atoms with Gasteiger partial charge in [-0.1, -0.05) is 0 Å². The molecular weight excluding hydrogens is 106 g/mol. The molecule has 3 nitrogen and oxygen atoms in total. The number of hydrogen-bond donors (Lipinski definition) is 0. The number of carbonyl (C=O) groups excluding carboxylic acids is 1. The molecule has 1 aliphatic rings. The third-order valence-electron chi connectivity index (χ3n) is 1.09. The van der Waals surface area contributed by atoms with Gasteiger partial charge in [-0.3, -0.25) is 4.99 Å². The van der Waals surface area contributed by atoms with Crippen molar-refractivity contribution >= 4 is 11.7 Å². The van der Waals surface area contributed by atoms with E-state index in [2.05, 4.69) is 9.73 Å². The molecule has 0 saturated carbocycles. The number of methoxy groups -OCH3 is 1. The van der Waals surface area contributed by atoms with Gasteiger partial charge in [0.15, 0.2) is 6.04 Å². The molecule has 0 aromatic rings. The van der Waals surface area contributed by atoms with Gasteiger partial charge < -0.3 is 4.74 Å². The van der Waals surface area contributed by atoms with Crippen LogP contribution in [0.4, 0.5) is 0 Å². The van der Waals surface area contributed by atoms with Crippen LogP contribution in [0.2, 0.25) is 0 Å². The zero-order valence-corrected chi connectivity index (χ0v) is 4.84. The summed E-state index contributed by atoms with van der Waals surface area (Å²) >= 11 is 0. The highest BCUT2D eigenvalue weighted by atomic mass is 16.5. The molecule has 0 amide bonds. The van der Waals surface area contributed by atoms with Crippen molar-refractivity contribution in [3.8, 4) is 0 Å². The van der Waals surface area contributed by atoms with Gasteiger partial charge in [-0.2, -0.15) is 0 Å². The minimum Gasteiger partial charge on any atom is -0.467 e. The fourth-order valence-corrected chi connectivity index (χ4v) is 0.501. The second-order valence-corrected chi connectivity index (χ2v) is 1.70. The van der Waals surface area contributed by atoms with Crippen LogP contribution in [0.3, 0.4) is 0 Å². The first-order chi connectivity index (χ1) is 3.75. The highest BCUT2D eigenvalue weighted by Gasteiger charge is 2.31. The summed E-state index contributed by atoms with van der Waals surface area (Å²) in [5.74, 6) is -0.248. The van der Waals surface area contributed by atoms with E-state index in [0.29, 0.717) is 0 Å². The first kappa shape index (κ1) is 5.28. The van der Waals surface area contributed by atoms with Crippen molar-refractivity contribution in [1.82, 2.24) is 0 Å². The van der Waals surface area contributed by atoms with Crippen LogP contribution in [-0.2, 0) is 9.53 Å². The van der Waals surface area contributed by atoms with E-state index >= 15 is 0 Å². The fourth-order valence-electron chi connectivity index (χ4n) is 0.501. The van der Waals surface area contributed by atoms with Crippen LogP contribution in [0.1, 0.15) is 6.92 Å². The molecule has 0 fully saturated rings. The van der Waals surface area contributed by atoms with Crippen molar-refractivity contribution in [2.75, 3.05) is 7.11 Å². The Morgan fingerprint density at radius 3 is 2.50 bits per heavy atom. The summed E-state index contributed by atoms with van der Waals surface area (Å²) in [6.45, 7) is 1.81. The number of carbonyl (C=O) groups is 1. The van der Waals surface area contributed by atoms with Crippen molar-refractivity contribution in [3.05, 3.63) is 0 Å². The van der Waals surface area contributed by atoms with E-state index in [0.717, 1.165) is 5.71 Å². The van der Waals surface area contributed by atoms with Crippen molar-refractivity contribution < 1.29 is 9.53 Å². The number of esters is 1. The molecule has 0 aliphatic carbocycles. The van der Waals surface area contributed by atoms with Crippen molar-refractivity contribution in [3.63, 3.8) is 0 Å². The van der Waals surface area contributed by atoms with E-state index in [1.807, 2.05) is 6.92 Å². The maximum Gasteiger partial charge on any atom is 0.336 e. The third kappa shape index (κ3) is 0.710. The molecule has 0 bridgehead atoms. The molecule has 8 heavy (non-hydrogen) atoms. The summed E-state index contributed by atoms with van der Waals surface area (Å²) in [5.41, 5.74) is 0.872. The second-order valence-electron chi connectivity index (χ2n) is 1.70. The van der Waals surface area contributed by atoms with Gasteiger partial charge in [0.25, 0.3) is 0 Å². The summed E-state index contributed by atoms with van der Waals surface area (Å²) in [6.07, 6.45) is 0. The van der Waals surface area contributed by atoms with Gasteiger partial charge in [-0.05, 0) is 6.92 Å². The van der Waals surface area contributed by atoms with E-state index in [1.165, 1.54) is 7.11 Å². The predicted octanol–water partition coefficient (Wildman–Crippen LogP) is 0.00250. The Balaban J connectivity index is 2.32. The minimum absolute atomic E-state index is 0.236. The first-order valence-electron chi connectivity index (χ1n) is 2.38. The SMILES string of the molecule is COC(=O)[C@H]1N=C1C. The Bertz CT molecular complexity index is 151. The Labute approximate surface area is 47.4 Å². The van der Waals surface area contributed by atoms with Crippen molar-refractivity contribution in [2.24, 2.45) is 4.99 Å².